The number of fused-ring (bicyclic) bond motifs is 1. The van der Waals surface area contributed by atoms with E-state index in [1.54, 1.807) is 17.0 Å². The van der Waals surface area contributed by atoms with Gasteiger partial charge in [0, 0.05) is 25.3 Å². The molecule has 40 heavy (non-hydrogen) atoms. The molecule has 1 saturated heterocycles. The second-order valence-electron chi connectivity index (χ2n) is 11.3. The number of alkyl halides is 3. The smallest absolute Gasteiger partial charge is 0.369 e. The molecule has 2 amide bonds. The van der Waals surface area contributed by atoms with Crippen molar-refractivity contribution in [1.29, 1.82) is 0 Å². The summed E-state index contributed by atoms with van der Waals surface area (Å²) in [5.41, 5.74) is 2.03. The number of hydrogen-bond acceptors (Lipinski definition) is 3. The molecule has 212 valence electrons. The SMILES string of the molecule is Cc1cccc(F)c1N1CCC(N2Cc3nn(C(C)C4CC4)cc3N(Cc3ccccc3C(F)(F)F)C2=O)CC1. The number of para-hydroxylation sites is 1. The summed E-state index contributed by atoms with van der Waals surface area (Å²) in [5, 5.41) is 4.84. The summed E-state index contributed by atoms with van der Waals surface area (Å²) in [6, 6.07) is 10.2. The zero-order chi connectivity index (χ0) is 28.2. The maximum absolute atomic E-state index is 14.6. The van der Waals surface area contributed by atoms with Gasteiger partial charge in [-0.25, -0.2) is 9.18 Å². The zero-order valence-corrected chi connectivity index (χ0v) is 22.7. The number of carbonyl (C=O) groups is 1. The number of carbonyl (C=O) groups excluding carboxylic acids is 1. The fourth-order valence-electron chi connectivity index (χ4n) is 6.22. The summed E-state index contributed by atoms with van der Waals surface area (Å²) >= 11 is 0. The Morgan fingerprint density at radius 2 is 1.75 bits per heavy atom. The van der Waals surface area contributed by atoms with E-state index in [4.69, 9.17) is 5.10 Å². The lowest BCUT2D eigenvalue weighted by molar-refractivity contribution is -0.138. The molecule has 0 radical (unpaired) electrons. The Bertz CT molecular complexity index is 1390. The van der Waals surface area contributed by atoms with Crippen LogP contribution in [0.4, 0.5) is 33.7 Å². The van der Waals surface area contributed by atoms with Gasteiger partial charge in [0.2, 0.25) is 0 Å². The minimum absolute atomic E-state index is 0.0454. The van der Waals surface area contributed by atoms with E-state index in [0.29, 0.717) is 55.5 Å². The Morgan fingerprint density at radius 1 is 1.02 bits per heavy atom. The van der Waals surface area contributed by atoms with Crippen molar-refractivity contribution >= 4 is 17.4 Å². The van der Waals surface area contributed by atoms with E-state index >= 15 is 0 Å². The van der Waals surface area contributed by atoms with Gasteiger partial charge in [-0.2, -0.15) is 18.3 Å². The number of halogens is 4. The number of hydrogen-bond donors (Lipinski definition) is 0. The maximum atomic E-state index is 14.6. The van der Waals surface area contributed by atoms with Crippen molar-refractivity contribution in [1.82, 2.24) is 14.7 Å². The molecule has 3 heterocycles. The Kier molecular flexibility index (Phi) is 6.74. The predicted molar refractivity (Wildman–Crippen MR) is 145 cm³/mol. The van der Waals surface area contributed by atoms with E-state index < -0.39 is 11.7 Å². The fourth-order valence-corrected chi connectivity index (χ4v) is 6.22. The summed E-state index contributed by atoms with van der Waals surface area (Å²) in [6.07, 6.45) is 0.800. The van der Waals surface area contributed by atoms with Gasteiger partial charge >= 0.3 is 12.2 Å². The normalized spacial score (nSPS) is 19.2. The van der Waals surface area contributed by atoms with Gasteiger partial charge in [-0.1, -0.05) is 30.3 Å². The molecule has 1 saturated carbocycles. The third-order valence-corrected chi connectivity index (χ3v) is 8.66. The quantitative estimate of drug-likeness (QED) is 0.310. The topological polar surface area (TPSA) is 44.6 Å². The highest BCUT2D eigenvalue weighted by atomic mass is 19.4. The van der Waals surface area contributed by atoms with E-state index in [-0.39, 0.29) is 36.0 Å². The molecule has 10 heteroatoms. The highest BCUT2D eigenvalue weighted by Gasteiger charge is 2.41. The third-order valence-electron chi connectivity index (χ3n) is 8.66. The van der Waals surface area contributed by atoms with Crippen LogP contribution in [0.15, 0.2) is 48.7 Å². The second kappa shape index (κ2) is 10.1. The first-order valence-corrected chi connectivity index (χ1v) is 13.9. The van der Waals surface area contributed by atoms with Crippen LogP contribution in [0, 0.1) is 18.7 Å². The Hall–Kier alpha value is -3.56. The van der Waals surface area contributed by atoms with E-state index in [0.717, 1.165) is 24.5 Å². The van der Waals surface area contributed by atoms with Crippen molar-refractivity contribution in [2.75, 3.05) is 22.9 Å². The highest BCUT2D eigenvalue weighted by molar-refractivity contribution is 5.94. The van der Waals surface area contributed by atoms with Crippen LogP contribution in [-0.4, -0.2) is 39.8 Å². The largest absolute Gasteiger partial charge is 0.416 e. The van der Waals surface area contributed by atoms with Crippen LogP contribution >= 0.6 is 0 Å². The number of amides is 2. The first-order chi connectivity index (χ1) is 19.1. The van der Waals surface area contributed by atoms with Gasteiger partial charge in [0.1, 0.15) is 11.5 Å². The van der Waals surface area contributed by atoms with Crippen molar-refractivity contribution in [2.24, 2.45) is 5.92 Å². The summed E-state index contributed by atoms with van der Waals surface area (Å²) in [5.74, 6) is 0.265. The van der Waals surface area contributed by atoms with E-state index in [1.165, 1.54) is 23.1 Å². The summed E-state index contributed by atoms with van der Waals surface area (Å²) in [4.78, 5) is 19.2. The number of aromatic nitrogens is 2. The van der Waals surface area contributed by atoms with Crippen molar-refractivity contribution in [3.63, 3.8) is 0 Å². The van der Waals surface area contributed by atoms with Crippen LogP contribution in [0.5, 0.6) is 0 Å². The van der Waals surface area contributed by atoms with Crippen LogP contribution in [-0.2, 0) is 19.3 Å². The number of benzene rings is 2. The molecule has 3 aliphatic rings. The number of piperidine rings is 1. The molecule has 1 atom stereocenters. The lowest BCUT2D eigenvalue weighted by atomic mass is 10.00. The molecule has 1 aliphatic carbocycles. The molecule has 0 spiro atoms. The minimum Gasteiger partial charge on any atom is -0.369 e. The summed E-state index contributed by atoms with van der Waals surface area (Å²) < 4.78 is 58.0. The first-order valence-electron chi connectivity index (χ1n) is 13.9. The molecule has 2 aromatic carbocycles. The number of anilines is 2. The van der Waals surface area contributed by atoms with E-state index in [9.17, 15) is 22.4 Å². The average Bonchev–Trinajstić information content (AvgIpc) is 3.68. The summed E-state index contributed by atoms with van der Waals surface area (Å²) in [6.45, 7) is 5.24. The molecule has 1 unspecified atom stereocenters. The molecule has 0 bridgehead atoms. The van der Waals surface area contributed by atoms with Crippen molar-refractivity contribution in [3.8, 4) is 0 Å². The fraction of sp³-hybridized carbons (Fsp3) is 0.467. The Morgan fingerprint density at radius 3 is 2.42 bits per heavy atom. The third kappa shape index (κ3) is 4.92. The molecule has 1 aromatic heterocycles. The second-order valence-corrected chi connectivity index (χ2v) is 11.3. The van der Waals surface area contributed by atoms with Gasteiger partial charge in [-0.3, -0.25) is 9.58 Å². The number of urea groups is 1. The van der Waals surface area contributed by atoms with Gasteiger partial charge in [0.15, 0.2) is 0 Å². The van der Waals surface area contributed by atoms with Gasteiger partial charge < -0.3 is 9.80 Å². The van der Waals surface area contributed by atoms with Crippen molar-refractivity contribution in [3.05, 3.63) is 76.9 Å². The maximum Gasteiger partial charge on any atom is 0.416 e. The minimum atomic E-state index is -4.53. The molecular weight excluding hydrogens is 522 g/mol. The van der Waals surface area contributed by atoms with Crippen LogP contribution in [0.25, 0.3) is 0 Å². The van der Waals surface area contributed by atoms with Crippen LogP contribution in [0.2, 0.25) is 0 Å². The molecule has 2 aliphatic heterocycles. The first kappa shape index (κ1) is 26.7. The monoisotopic (exact) mass is 555 g/mol. The molecule has 2 fully saturated rings. The summed E-state index contributed by atoms with van der Waals surface area (Å²) in [7, 11) is 0. The molecule has 0 N–H and O–H groups in total. The van der Waals surface area contributed by atoms with Gasteiger partial charge in [-0.05, 0) is 68.7 Å². The van der Waals surface area contributed by atoms with Gasteiger partial charge in [0.05, 0.1) is 36.1 Å². The van der Waals surface area contributed by atoms with Crippen LogP contribution in [0.3, 0.4) is 0 Å². The van der Waals surface area contributed by atoms with Crippen molar-refractivity contribution in [2.45, 2.75) is 70.9 Å². The zero-order valence-electron chi connectivity index (χ0n) is 22.7. The highest BCUT2D eigenvalue weighted by Crippen LogP contribution is 2.42. The van der Waals surface area contributed by atoms with E-state index in [2.05, 4.69) is 6.92 Å². The van der Waals surface area contributed by atoms with Gasteiger partial charge in [-0.15, -0.1) is 0 Å². The van der Waals surface area contributed by atoms with Crippen LogP contribution < -0.4 is 9.80 Å². The predicted octanol–water partition coefficient (Wildman–Crippen LogP) is 6.93. The lowest BCUT2D eigenvalue weighted by Gasteiger charge is -2.43. The number of nitrogens with zero attached hydrogens (tertiary/aromatic N) is 5. The van der Waals surface area contributed by atoms with E-state index in [1.807, 2.05) is 28.8 Å². The Balaban J connectivity index is 1.29. The average molecular weight is 556 g/mol. The molecular formula is C30H33F4N5O. The van der Waals surface area contributed by atoms with Crippen LogP contribution in [0.1, 0.15) is 61.0 Å². The molecule has 6 nitrogen and oxygen atoms in total. The molecule has 3 aromatic rings. The molecule has 6 rings (SSSR count). The Labute approximate surface area is 231 Å². The van der Waals surface area contributed by atoms with Gasteiger partial charge in [0.25, 0.3) is 0 Å². The van der Waals surface area contributed by atoms with Crippen molar-refractivity contribution < 1.29 is 22.4 Å². The number of aryl methyl sites for hydroxylation is 1. The lowest BCUT2D eigenvalue weighted by Crippen LogP contribution is -2.54. The standard InChI is InChI=1S/C30H33F4N5O/c1-19-6-5-9-25(31)28(19)36-14-12-23(13-15-36)37-17-26-27(18-39(35-26)20(2)21-10-11-21)38(29(37)40)16-22-7-3-4-8-24(22)30(32,33)34/h3-9,18,20-21,23H,10-17H2,1-2H3. The number of rotatable bonds is 6.